The standard InChI is InChI=1S/C11H21N3O3/c1-3-5-14(8-10(15)16)11(17)12-9-4-6-13(2)7-9/h9H,3-8H2,1-2H3,(H,12,17)(H,15,16). The molecular formula is C11H21N3O3. The Balaban J connectivity index is 2.44. The van der Waals surface area contributed by atoms with Crippen molar-refractivity contribution in [1.29, 1.82) is 0 Å². The van der Waals surface area contributed by atoms with E-state index in [1.54, 1.807) is 0 Å². The molecule has 2 amide bonds. The van der Waals surface area contributed by atoms with Crippen molar-refractivity contribution < 1.29 is 14.7 Å². The number of rotatable bonds is 5. The van der Waals surface area contributed by atoms with Gasteiger partial charge in [0.1, 0.15) is 6.54 Å². The van der Waals surface area contributed by atoms with Crippen LogP contribution in [0, 0.1) is 0 Å². The summed E-state index contributed by atoms with van der Waals surface area (Å²) in [7, 11) is 2.01. The molecule has 1 rings (SSSR count). The summed E-state index contributed by atoms with van der Waals surface area (Å²) >= 11 is 0. The summed E-state index contributed by atoms with van der Waals surface area (Å²) in [5.74, 6) is -0.975. The van der Waals surface area contributed by atoms with E-state index in [9.17, 15) is 9.59 Å². The Labute approximate surface area is 102 Å². The van der Waals surface area contributed by atoms with Crippen LogP contribution in [0.3, 0.4) is 0 Å². The highest BCUT2D eigenvalue weighted by Crippen LogP contribution is 2.06. The van der Waals surface area contributed by atoms with Gasteiger partial charge < -0.3 is 20.2 Å². The average molecular weight is 243 g/mol. The van der Waals surface area contributed by atoms with Crippen molar-refractivity contribution in [2.75, 3.05) is 33.2 Å². The fourth-order valence-electron chi connectivity index (χ4n) is 2.00. The number of aliphatic carboxylic acids is 1. The molecule has 0 aromatic carbocycles. The van der Waals surface area contributed by atoms with Crippen LogP contribution in [0.4, 0.5) is 4.79 Å². The Bertz CT molecular complexity index is 283. The van der Waals surface area contributed by atoms with Gasteiger partial charge in [0.15, 0.2) is 0 Å². The molecule has 0 saturated carbocycles. The smallest absolute Gasteiger partial charge is 0.323 e. The van der Waals surface area contributed by atoms with Gasteiger partial charge in [-0.25, -0.2) is 4.79 Å². The van der Waals surface area contributed by atoms with Gasteiger partial charge in [-0.15, -0.1) is 0 Å². The SMILES string of the molecule is CCCN(CC(=O)O)C(=O)NC1CCN(C)C1. The van der Waals surface area contributed by atoms with Gasteiger partial charge >= 0.3 is 12.0 Å². The molecule has 1 fully saturated rings. The molecule has 0 bridgehead atoms. The monoisotopic (exact) mass is 243 g/mol. The van der Waals surface area contributed by atoms with Crippen LogP contribution in [0.2, 0.25) is 0 Å². The number of carboxylic acids is 1. The Kier molecular flexibility index (Phi) is 5.21. The molecule has 2 N–H and O–H groups in total. The number of nitrogens with zero attached hydrogens (tertiary/aromatic N) is 2. The lowest BCUT2D eigenvalue weighted by Gasteiger charge is -2.23. The minimum atomic E-state index is -0.975. The molecule has 1 unspecified atom stereocenters. The van der Waals surface area contributed by atoms with Crippen LogP contribution in [0.5, 0.6) is 0 Å². The van der Waals surface area contributed by atoms with Crippen molar-refractivity contribution in [2.45, 2.75) is 25.8 Å². The van der Waals surface area contributed by atoms with E-state index in [4.69, 9.17) is 5.11 Å². The Hall–Kier alpha value is -1.30. The zero-order valence-corrected chi connectivity index (χ0v) is 10.5. The third-order valence-electron chi connectivity index (χ3n) is 2.83. The van der Waals surface area contributed by atoms with E-state index in [0.29, 0.717) is 6.54 Å². The van der Waals surface area contributed by atoms with Crippen LogP contribution in [0.1, 0.15) is 19.8 Å². The largest absolute Gasteiger partial charge is 0.480 e. The van der Waals surface area contributed by atoms with Gasteiger partial charge in [0, 0.05) is 19.1 Å². The number of amides is 2. The molecule has 0 aliphatic carbocycles. The molecule has 6 nitrogen and oxygen atoms in total. The molecule has 0 aromatic rings. The first-order chi connectivity index (χ1) is 8.02. The van der Waals surface area contributed by atoms with Gasteiger partial charge in [-0.2, -0.15) is 0 Å². The highest BCUT2D eigenvalue weighted by molar-refractivity contribution is 5.80. The second-order valence-electron chi connectivity index (χ2n) is 4.51. The lowest BCUT2D eigenvalue weighted by atomic mass is 10.3. The summed E-state index contributed by atoms with van der Waals surface area (Å²) < 4.78 is 0. The van der Waals surface area contributed by atoms with Crippen LogP contribution >= 0.6 is 0 Å². The number of hydrogen-bond acceptors (Lipinski definition) is 3. The highest BCUT2D eigenvalue weighted by atomic mass is 16.4. The molecule has 0 spiro atoms. The summed E-state index contributed by atoms with van der Waals surface area (Å²) in [6.45, 7) is 3.96. The number of carbonyl (C=O) groups excluding carboxylic acids is 1. The van der Waals surface area contributed by atoms with E-state index >= 15 is 0 Å². The molecule has 17 heavy (non-hydrogen) atoms. The Morgan fingerprint density at radius 3 is 2.71 bits per heavy atom. The van der Waals surface area contributed by atoms with Crippen molar-refractivity contribution in [3.8, 4) is 0 Å². The minimum absolute atomic E-state index is 0.139. The number of likely N-dealkylation sites (tertiary alicyclic amines) is 1. The zero-order chi connectivity index (χ0) is 12.8. The average Bonchev–Trinajstić information content (AvgIpc) is 2.62. The van der Waals surface area contributed by atoms with E-state index in [-0.39, 0.29) is 18.6 Å². The van der Waals surface area contributed by atoms with Crippen molar-refractivity contribution in [3.63, 3.8) is 0 Å². The van der Waals surface area contributed by atoms with E-state index in [1.807, 2.05) is 14.0 Å². The fraction of sp³-hybridized carbons (Fsp3) is 0.818. The van der Waals surface area contributed by atoms with Gasteiger partial charge in [-0.3, -0.25) is 4.79 Å². The molecule has 1 aliphatic heterocycles. The van der Waals surface area contributed by atoms with Gasteiger partial charge in [0.2, 0.25) is 0 Å². The van der Waals surface area contributed by atoms with Crippen LogP contribution in [-0.4, -0.2) is 66.2 Å². The normalized spacial score (nSPS) is 20.2. The second kappa shape index (κ2) is 6.44. The molecule has 0 aromatic heterocycles. The summed E-state index contributed by atoms with van der Waals surface area (Å²) in [5, 5.41) is 11.6. The topological polar surface area (TPSA) is 72.9 Å². The number of carbonyl (C=O) groups is 2. The molecule has 1 aliphatic rings. The molecular weight excluding hydrogens is 222 g/mol. The van der Waals surface area contributed by atoms with Gasteiger partial charge in [0.25, 0.3) is 0 Å². The second-order valence-corrected chi connectivity index (χ2v) is 4.51. The molecule has 1 saturated heterocycles. The fourth-order valence-corrected chi connectivity index (χ4v) is 2.00. The van der Waals surface area contributed by atoms with Gasteiger partial charge in [-0.05, 0) is 26.4 Å². The predicted octanol–water partition coefficient (Wildman–Crippen LogP) is 0.197. The molecule has 6 heteroatoms. The Morgan fingerprint density at radius 2 is 2.24 bits per heavy atom. The number of carboxylic acid groups (broad SMARTS) is 1. The zero-order valence-electron chi connectivity index (χ0n) is 10.5. The Morgan fingerprint density at radius 1 is 1.53 bits per heavy atom. The molecule has 0 radical (unpaired) electrons. The first kappa shape index (κ1) is 13.8. The summed E-state index contributed by atoms with van der Waals surface area (Å²) in [4.78, 5) is 26.0. The number of hydrogen-bond donors (Lipinski definition) is 2. The lowest BCUT2D eigenvalue weighted by molar-refractivity contribution is -0.137. The summed E-state index contributed by atoms with van der Waals surface area (Å²) in [6, 6.07) is -0.129. The van der Waals surface area contributed by atoms with Crippen LogP contribution < -0.4 is 5.32 Å². The molecule has 1 heterocycles. The van der Waals surface area contributed by atoms with E-state index in [1.165, 1.54) is 4.90 Å². The predicted molar refractivity (Wildman–Crippen MR) is 63.9 cm³/mol. The van der Waals surface area contributed by atoms with Gasteiger partial charge in [-0.1, -0.05) is 6.92 Å². The van der Waals surface area contributed by atoms with Crippen LogP contribution in [0.15, 0.2) is 0 Å². The van der Waals surface area contributed by atoms with Crippen molar-refractivity contribution >= 4 is 12.0 Å². The summed E-state index contributed by atoms with van der Waals surface area (Å²) in [6.07, 6.45) is 1.68. The third-order valence-corrected chi connectivity index (χ3v) is 2.83. The van der Waals surface area contributed by atoms with E-state index in [0.717, 1.165) is 25.9 Å². The maximum absolute atomic E-state index is 11.9. The molecule has 1 atom stereocenters. The number of nitrogens with one attached hydrogen (secondary N) is 1. The number of likely N-dealkylation sites (N-methyl/N-ethyl adjacent to an activating group) is 1. The van der Waals surface area contributed by atoms with Crippen LogP contribution in [0.25, 0.3) is 0 Å². The summed E-state index contributed by atoms with van der Waals surface area (Å²) in [5.41, 5.74) is 0. The van der Waals surface area contributed by atoms with E-state index < -0.39 is 5.97 Å². The van der Waals surface area contributed by atoms with Crippen molar-refractivity contribution in [2.24, 2.45) is 0 Å². The first-order valence-corrected chi connectivity index (χ1v) is 5.98. The maximum Gasteiger partial charge on any atom is 0.323 e. The lowest BCUT2D eigenvalue weighted by Crippen LogP contribution is -2.47. The van der Waals surface area contributed by atoms with Crippen LogP contribution in [-0.2, 0) is 4.79 Å². The van der Waals surface area contributed by atoms with Crippen molar-refractivity contribution in [3.05, 3.63) is 0 Å². The third kappa shape index (κ3) is 4.60. The quantitative estimate of drug-likeness (QED) is 0.723. The van der Waals surface area contributed by atoms with Crippen molar-refractivity contribution in [1.82, 2.24) is 15.1 Å². The number of urea groups is 1. The first-order valence-electron chi connectivity index (χ1n) is 5.98. The highest BCUT2D eigenvalue weighted by Gasteiger charge is 2.24. The maximum atomic E-state index is 11.9. The van der Waals surface area contributed by atoms with Gasteiger partial charge in [0.05, 0.1) is 0 Å². The minimum Gasteiger partial charge on any atom is -0.480 e. The molecule has 98 valence electrons. The van der Waals surface area contributed by atoms with E-state index in [2.05, 4.69) is 10.2 Å².